The number of carbonyl (C=O) groups is 3. The number of ether oxygens (including phenoxy) is 3. The Morgan fingerprint density at radius 3 is 1.17 bits per heavy atom. The third kappa shape index (κ3) is 38.9. The summed E-state index contributed by atoms with van der Waals surface area (Å²) in [5.41, 5.74) is 0. The number of hydrogen-bond acceptors (Lipinski definition) is 6. The van der Waals surface area contributed by atoms with E-state index in [2.05, 4.69) is 57.2 Å². The van der Waals surface area contributed by atoms with E-state index < -0.39 is 6.10 Å². The van der Waals surface area contributed by atoms with Crippen LogP contribution in [-0.2, 0) is 28.6 Å². The summed E-state index contributed by atoms with van der Waals surface area (Å²) in [4.78, 5) is 37.4. The van der Waals surface area contributed by atoms with Crippen LogP contribution in [0.25, 0.3) is 0 Å². The van der Waals surface area contributed by atoms with Crippen molar-refractivity contribution in [1.82, 2.24) is 0 Å². The molecule has 0 spiro atoms. The molecule has 6 heteroatoms. The molecule has 0 aromatic rings. The fourth-order valence-corrected chi connectivity index (χ4v) is 6.00. The number of carbonyl (C=O) groups excluding carboxylic acids is 3. The summed E-state index contributed by atoms with van der Waals surface area (Å²) in [6, 6.07) is 0. The van der Waals surface area contributed by atoms with Gasteiger partial charge >= 0.3 is 17.9 Å². The molecule has 0 aromatic heterocycles. The molecule has 0 aliphatic rings. The van der Waals surface area contributed by atoms with E-state index in [9.17, 15) is 14.4 Å². The van der Waals surface area contributed by atoms with Gasteiger partial charge in [-0.2, -0.15) is 0 Å². The SMILES string of the molecule is CCC/C=C\CCCCCCCC(=O)OC(COC(=O)CCCCCCCC)COC(=O)CCCCCCCCC/C=C\C/C=C\CCCCCC. The van der Waals surface area contributed by atoms with Gasteiger partial charge < -0.3 is 14.2 Å². The quantitative estimate of drug-likeness (QED) is 0.0271. The Balaban J connectivity index is 4.23. The van der Waals surface area contributed by atoms with E-state index in [0.29, 0.717) is 19.3 Å². The van der Waals surface area contributed by atoms with E-state index in [1.807, 2.05) is 0 Å². The summed E-state index contributed by atoms with van der Waals surface area (Å²) in [7, 11) is 0. The zero-order valence-electron chi connectivity index (χ0n) is 34.3. The van der Waals surface area contributed by atoms with Crippen molar-refractivity contribution in [3.05, 3.63) is 36.5 Å². The Bertz CT molecular complexity index is 891. The van der Waals surface area contributed by atoms with Crippen LogP contribution in [0.2, 0.25) is 0 Å². The van der Waals surface area contributed by atoms with Crippen LogP contribution in [0.4, 0.5) is 0 Å². The van der Waals surface area contributed by atoms with Gasteiger partial charge in [0.05, 0.1) is 0 Å². The second kappa shape index (κ2) is 41.4. The molecule has 0 aromatic carbocycles. The Labute approximate surface area is 321 Å². The van der Waals surface area contributed by atoms with Crippen LogP contribution in [0.5, 0.6) is 0 Å². The summed E-state index contributed by atoms with van der Waals surface area (Å²) in [5.74, 6) is -0.908. The highest BCUT2D eigenvalue weighted by Crippen LogP contribution is 2.13. The standard InChI is InChI=1S/C46H82O6/c1-4-7-10-13-16-18-20-21-22-23-24-25-26-27-29-30-33-36-39-45(48)51-42-43(41-50-44(47)38-35-32-15-12-9-6-3)52-46(49)40-37-34-31-28-19-17-14-11-8-5-2/h11,14,18,20,22-23,43H,4-10,12-13,15-17,19,21,24-42H2,1-3H3/b14-11-,20-18-,23-22-. The third-order valence-corrected chi connectivity index (χ3v) is 9.35. The van der Waals surface area contributed by atoms with Gasteiger partial charge in [0, 0.05) is 19.3 Å². The molecule has 0 saturated heterocycles. The summed E-state index contributed by atoms with van der Waals surface area (Å²) < 4.78 is 16.6. The van der Waals surface area contributed by atoms with Crippen LogP contribution in [0.3, 0.4) is 0 Å². The summed E-state index contributed by atoms with van der Waals surface area (Å²) in [6.45, 7) is 6.47. The van der Waals surface area contributed by atoms with Crippen molar-refractivity contribution in [2.24, 2.45) is 0 Å². The van der Waals surface area contributed by atoms with Crippen LogP contribution in [0.15, 0.2) is 36.5 Å². The van der Waals surface area contributed by atoms with Crippen LogP contribution in [0.1, 0.15) is 220 Å². The molecule has 0 N–H and O–H groups in total. The minimum atomic E-state index is -0.772. The Kier molecular flexibility index (Phi) is 39.5. The minimum Gasteiger partial charge on any atom is -0.462 e. The van der Waals surface area contributed by atoms with Crippen molar-refractivity contribution in [1.29, 1.82) is 0 Å². The van der Waals surface area contributed by atoms with Crippen molar-refractivity contribution in [2.45, 2.75) is 226 Å². The van der Waals surface area contributed by atoms with Gasteiger partial charge in [0.1, 0.15) is 13.2 Å². The Hall–Kier alpha value is -2.37. The molecule has 0 heterocycles. The average molecular weight is 731 g/mol. The maximum absolute atomic E-state index is 12.6. The zero-order chi connectivity index (χ0) is 38.0. The van der Waals surface area contributed by atoms with Gasteiger partial charge in [-0.15, -0.1) is 0 Å². The van der Waals surface area contributed by atoms with Crippen molar-refractivity contribution >= 4 is 17.9 Å². The van der Waals surface area contributed by atoms with E-state index in [0.717, 1.165) is 89.9 Å². The van der Waals surface area contributed by atoms with Gasteiger partial charge in [-0.3, -0.25) is 14.4 Å². The van der Waals surface area contributed by atoms with Gasteiger partial charge in [0.15, 0.2) is 6.10 Å². The lowest BCUT2D eigenvalue weighted by Gasteiger charge is -2.18. The molecular weight excluding hydrogens is 649 g/mol. The monoisotopic (exact) mass is 731 g/mol. The molecule has 0 bridgehead atoms. The summed E-state index contributed by atoms with van der Waals surface area (Å²) >= 11 is 0. The van der Waals surface area contributed by atoms with Crippen LogP contribution in [0, 0.1) is 0 Å². The van der Waals surface area contributed by atoms with Crippen molar-refractivity contribution in [2.75, 3.05) is 13.2 Å². The molecule has 0 amide bonds. The van der Waals surface area contributed by atoms with E-state index in [-0.39, 0.29) is 31.1 Å². The largest absolute Gasteiger partial charge is 0.462 e. The summed E-state index contributed by atoms with van der Waals surface area (Å²) in [5, 5.41) is 0. The first-order valence-corrected chi connectivity index (χ1v) is 22.0. The third-order valence-electron chi connectivity index (χ3n) is 9.35. The first-order valence-electron chi connectivity index (χ1n) is 22.0. The van der Waals surface area contributed by atoms with Gasteiger partial charge in [-0.1, -0.05) is 166 Å². The van der Waals surface area contributed by atoms with E-state index >= 15 is 0 Å². The molecule has 0 rings (SSSR count). The molecular formula is C46H82O6. The second-order valence-electron chi connectivity index (χ2n) is 14.6. The average Bonchev–Trinajstić information content (AvgIpc) is 3.14. The topological polar surface area (TPSA) is 78.9 Å². The molecule has 52 heavy (non-hydrogen) atoms. The maximum atomic E-state index is 12.6. The molecule has 0 fully saturated rings. The number of rotatable bonds is 39. The Morgan fingerprint density at radius 1 is 0.385 bits per heavy atom. The number of allylic oxidation sites excluding steroid dienone is 6. The van der Waals surface area contributed by atoms with Gasteiger partial charge in [-0.25, -0.2) is 0 Å². The Morgan fingerprint density at radius 2 is 0.731 bits per heavy atom. The highest BCUT2D eigenvalue weighted by atomic mass is 16.6. The molecule has 6 nitrogen and oxygen atoms in total. The number of hydrogen-bond donors (Lipinski definition) is 0. The summed E-state index contributed by atoms with van der Waals surface area (Å²) in [6.07, 6.45) is 45.8. The molecule has 0 aliphatic heterocycles. The lowest BCUT2D eigenvalue weighted by Crippen LogP contribution is -2.30. The first kappa shape index (κ1) is 49.6. The highest BCUT2D eigenvalue weighted by molar-refractivity contribution is 5.71. The highest BCUT2D eigenvalue weighted by Gasteiger charge is 2.19. The lowest BCUT2D eigenvalue weighted by atomic mass is 10.1. The fourth-order valence-electron chi connectivity index (χ4n) is 6.00. The zero-order valence-corrected chi connectivity index (χ0v) is 34.3. The molecule has 0 saturated carbocycles. The van der Waals surface area contributed by atoms with Gasteiger partial charge in [-0.05, 0) is 70.6 Å². The van der Waals surface area contributed by atoms with Gasteiger partial charge in [0.25, 0.3) is 0 Å². The van der Waals surface area contributed by atoms with Crippen LogP contribution >= 0.6 is 0 Å². The van der Waals surface area contributed by atoms with Crippen LogP contribution in [-0.4, -0.2) is 37.2 Å². The van der Waals surface area contributed by atoms with Gasteiger partial charge in [0.2, 0.25) is 0 Å². The molecule has 0 aliphatic carbocycles. The number of esters is 3. The minimum absolute atomic E-state index is 0.0781. The van der Waals surface area contributed by atoms with E-state index in [4.69, 9.17) is 14.2 Å². The van der Waals surface area contributed by atoms with Crippen molar-refractivity contribution in [3.63, 3.8) is 0 Å². The fraction of sp³-hybridized carbons (Fsp3) is 0.804. The van der Waals surface area contributed by atoms with Crippen molar-refractivity contribution in [3.8, 4) is 0 Å². The molecule has 0 radical (unpaired) electrons. The van der Waals surface area contributed by atoms with E-state index in [1.165, 1.54) is 89.9 Å². The number of unbranched alkanes of at least 4 members (excludes halogenated alkanes) is 22. The lowest BCUT2D eigenvalue weighted by molar-refractivity contribution is -0.167. The van der Waals surface area contributed by atoms with E-state index in [1.54, 1.807) is 0 Å². The predicted molar refractivity (Wildman–Crippen MR) is 219 cm³/mol. The molecule has 302 valence electrons. The first-order chi connectivity index (χ1) is 25.5. The smallest absolute Gasteiger partial charge is 0.306 e. The molecule has 1 atom stereocenters. The maximum Gasteiger partial charge on any atom is 0.306 e. The van der Waals surface area contributed by atoms with Crippen molar-refractivity contribution < 1.29 is 28.6 Å². The predicted octanol–water partition coefficient (Wildman–Crippen LogP) is 13.8. The second-order valence-corrected chi connectivity index (χ2v) is 14.6. The normalized spacial score (nSPS) is 12.3. The molecule has 1 unspecified atom stereocenters. The van der Waals surface area contributed by atoms with Crippen LogP contribution < -0.4 is 0 Å².